The van der Waals surface area contributed by atoms with Crippen LogP contribution in [0.3, 0.4) is 0 Å². The summed E-state index contributed by atoms with van der Waals surface area (Å²) in [6, 6.07) is 6.05. The summed E-state index contributed by atoms with van der Waals surface area (Å²) in [5.41, 5.74) is 1.22. The highest BCUT2D eigenvalue weighted by Gasteiger charge is 2.05. The van der Waals surface area contributed by atoms with Crippen LogP contribution in [0.1, 0.15) is 28.8 Å². The number of halogens is 1. The van der Waals surface area contributed by atoms with Crippen molar-refractivity contribution in [3.63, 3.8) is 0 Å². The molecule has 0 aliphatic heterocycles. The predicted molar refractivity (Wildman–Crippen MR) is 128 cm³/mol. The lowest BCUT2D eigenvalue weighted by Gasteiger charge is -2.11. The second kappa shape index (κ2) is 13.6. The van der Waals surface area contributed by atoms with Gasteiger partial charge in [0.15, 0.2) is 17.5 Å². The van der Waals surface area contributed by atoms with Gasteiger partial charge in [-0.1, -0.05) is 6.07 Å². The Balaban J connectivity index is 0.00000392. The molecule has 1 aromatic heterocycles. The van der Waals surface area contributed by atoms with Gasteiger partial charge in [0, 0.05) is 37.1 Å². The standard InChI is InChI=1S/C20H30N4O2S.HI/c1-5-21-20(23-12-10-19-24-14-15(2)27-19)22-11-6-7-16-8-9-17(25-3)18(13-16)26-4;/h8-9,13-14H,5-7,10-12H2,1-4H3,(H2,21,22,23);1H. The van der Waals surface area contributed by atoms with Crippen molar-refractivity contribution >= 4 is 41.3 Å². The van der Waals surface area contributed by atoms with Crippen LogP contribution in [0.5, 0.6) is 11.5 Å². The van der Waals surface area contributed by atoms with Gasteiger partial charge in [-0.15, -0.1) is 35.3 Å². The van der Waals surface area contributed by atoms with Crippen LogP contribution in [0.2, 0.25) is 0 Å². The molecular formula is C20H31IN4O2S. The Hall–Kier alpha value is -1.55. The molecule has 8 heteroatoms. The lowest BCUT2D eigenvalue weighted by Crippen LogP contribution is -2.38. The fourth-order valence-electron chi connectivity index (χ4n) is 2.66. The van der Waals surface area contributed by atoms with E-state index < -0.39 is 0 Å². The van der Waals surface area contributed by atoms with Crippen molar-refractivity contribution in [2.24, 2.45) is 4.99 Å². The Morgan fingerprint density at radius 3 is 2.57 bits per heavy atom. The summed E-state index contributed by atoms with van der Waals surface area (Å²) >= 11 is 1.75. The van der Waals surface area contributed by atoms with Crippen molar-refractivity contribution in [3.8, 4) is 11.5 Å². The van der Waals surface area contributed by atoms with Crippen molar-refractivity contribution in [1.82, 2.24) is 15.6 Å². The first-order valence-electron chi connectivity index (χ1n) is 9.30. The van der Waals surface area contributed by atoms with Gasteiger partial charge in [0.25, 0.3) is 0 Å². The van der Waals surface area contributed by atoms with Crippen molar-refractivity contribution in [1.29, 1.82) is 0 Å². The number of rotatable bonds is 10. The van der Waals surface area contributed by atoms with Gasteiger partial charge in [-0.25, -0.2) is 4.98 Å². The first kappa shape index (κ1) is 24.5. The molecule has 0 saturated heterocycles. The monoisotopic (exact) mass is 518 g/mol. The highest BCUT2D eigenvalue weighted by Crippen LogP contribution is 2.27. The van der Waals surface area contributed by atoms with E-state index in [4.69, 9.17) is 9.47 Å². The third kappa shape index (κ3) is 8.22. The minimum atomic E-state index is 0. The number of aryl methyl sites for hydroxylation is 2. The number of aromatic nitrogens is 1. The van der Waals surface area contributed by atoms with E-state index in [1.807, 2.05) is 18.3 Å². The van der Waals surface area contributed by atoms with Crippen LogP contribution in [0.25, 0.3) is 0 Å². The first-order valence-corrected chi connectivity index (χ1v) is 10.1. The molecule has 0 bridgehead atoms. The molecule has 28 heavy (non-hydrogen) atoms. The van der Waals surface area contributed by atoms with Gasteiger partial charge < -0.3 is 20.1 Å². The zero-order chi connectivity index (χ0) is 19.5. The lowest BCUT2D eigenvalue weighted by molar-refractivity contribution is 0.354. The molecule has 2 aromatic rings. The van der Waals surface area contributed by atoms with E-state index in [0.717, 1.165) is 61.4 Å². The number of guanidine groups is 1. The summed E-state index contributed by atoms with van der Waals surface area (Å²) in [6.07, 6.45) is 4.75. The minimum Gasteiger partial charge on any atom is -0.493 e. The van der Waals surface area contributed by atoms with E-state index in [1.165, 1.54) is 10.4 Å². The van der Waals surface area contributed by atoms with E-state index in [1.54, 1.807) is 25.6 Å². The number of benzene rings is 1. The molecule has 0 aliphatic rings. The molecule has 0 aliphatic carbocycles. The molecule has 1 aromatic carbocycles. The number of methoxy groups -OCH3 is 2. The fraction of sp³-hybridized carbons (Fsp3) is 0.500. The molecule has 2 rings (SSSR count). The van der Waals surface area contributed by atoms with Crippen LogP contribution in [-0.2, 0) is 12.8 Å². The molecule has 0 atom stereocenters. The van der Waals surface area contributed by atoms with Crippen molar-refractivity contribution in [2.75, 3.05) is 33.9 Å². The van der Waals surface area contributed by atoms with Crippen LogP contribution in [0.4, 0.5) is 0 Å². The summed E-state index contributed by atoms with van der Waals surface area (Å²) in [5.74, 6) is 2.39. The average molecular weight is 518 g/mol. The van der Waals surface area contributed by atoms with E-state index in [0.29, 0.717) is 0 Å². The van der Waals surface area contributed by atoms with E-state index in [-0.39, 0.29) is 24.0 Å². The number of thiazole rings is 1. The molecular weight excluding hydrogens is 487 g/mol. The maximum Gasteiger partial charge on any atom is 0.191 e. The van der Waals surface area contributed by atoms with Crippen molar-refractivity contribution < 1.29 is 9.47 Å². The van der Waals surface area contributed by atoms with Gasteiger partial charge in [-0.05, 0) is 44.4 Å². The molecule has 156 valence electrons. The van der Waals surface area contributed by atoms with Crippen LogP contribution >= 0.6 is 35.3 Å². The summed E-state index contributed by atoms with van der Waals surface area (Å²) < 4.78 is 10.6. The van der Waals surface area contributed by atoms with E-state index >= 15 is 0 Å². The van der Waals surface area contributed by atoms with Gasteiger partial charge in [-0.3, -0.25) is 4.99 Å². The van der Waals surface area contributed by atoms with Crippen LogP contribution in [-0.4, -0.2) is 44.8 Å². The average Bonchev–Trinajstić information content (AvgIpc) is 3.10. The van der Waals surface area contributed by atoms with Crippen molar-refractivity contribution in [2.45, 2.75) is 33.1 Å². The molecule has 1 heterocycles. The number of aliphatic imine (C=N–C) groups is 1. The molecule has 6 nitrogen and oxygen atoms in total. The highest BCUT2D eigenvalue weighted by molar-refractivity contribution is 14.0. The van der Waals surface area contributed by atoms with E-state index in [9.17, 15) is 0 Å². The molecule has 0 amide bonds. The minimum absolute atomic E-state index is 0. The third-order valence-electron chi connectivity index (χ3n) is 3.99. The SMILES string of the molecule is CCNC(=NCCCc1ccc(OC)c(OC)c1)NCCc1ncc(C)s1.I. The van der Waals surface area contributed by atoms with Gasteiger partial charge >= 0.3 is 0 Å². The second-order valence-electron chi connectivity index (χ2n) is 6.09. The van der Waals surface area contributed by atoms with Crippen LogP contribution in [0.15, 0.2) is 29.4 Å². The second-order valence-corrected chi connectivity index (χ2v) is 7.41. The lowest BCUT2D eigenvalue weighted by atomic mass is 10.1. The molecule has 0 fully saturated rings. The topological polar surface area (TPSA) is 67.8 Å². The maximum atomic E-state index is 5.36. The van der Waals surface area contributed by atoms with Gasteiger partial charge in [0.2, 0.25) is 0 Å². The predicted octanol–water partition coefficient (Wildman–Crippen LogP) is 3.82. The largest absolute Gasteiger partial charge is 0.493 e. The molecule has 0 saturated carbocycles. The molecule has 0 radical (unpaired) electrons. The summed E-state index contributed by atoms with van der Waals surface area (Å²) in [7, 11) is 3.31. The zero-order valence-electron chi connectivity index (χ0n) is 17.1. The third-order valence-corrected chi connectivity index (χ3v) is 4.96. The maximum absolute atomic E-state index is 5.36. The van der Waals surface area contributed by atoms with Gasteiger partial charge in [0.05, 0.1) is 19.2 Å². The Bertz CT molecular complexity index is 737. The number of hydrogen-bond acceptors (Lipinski definition) is 5. The summed E-state index contributed by atoms with van der Waals surface area (Å²) in [6.45, 7) is 6.59. The number of hydrogen-bond donors (Lipinski definition) is 2. The summed E-state index contributed by atoms with van der Waals surface area (Å²) in [4.78, 5) is 10.3. The van der Waals surface area contributed by atoms with Gasteiger partial charge in [0.1, 0.15) is 0 Å². The number of nitrogens with zero attached hydrogens (tertiary/aromatic N) is 2. The van der Waals surface area contributed by atoms with E-state index in [2.05, 4.69) is 40.5 Å². The Labute approximate surface area is 189 Å². The van der Waals surface area contributed by atoms with Crippen molar-refractivity contribution in [3.05, 3.63) is 39.8 Å². The van der Waals surface area contributed by atoms with Crippen LogP contribution in [0, 0.1) is 6.92 Å². The van der Waals surface area contributed by atoms with Gasteiger partial charge in [-0.2, -0.15) is 0 Å². The summed E-state index contributed by atoms with van der Waals surface area (Å²) in [5, 5.41) is 7.83. The highest BCUT2D eigenvalue weighted by atomic mass is 127. The van der Waals surface area contributed by atoms with Crippen LogP contribution < -0.4 is 20.1 Å². The zero-order valence-corrected chi connectivity index (χ0v) is 20.2. The Kier molecular flexibility index (Phi) is 11.9. The Morgan fingerprint density at radius 1 is 1.14 bits per heavy atom. The molecule has 0 spiro atoms. The molecule has 2 N–H and O–H groups in total. The quantitative estimate of drug-likeness (QED) is 0.217. The Morgan fingerprint density at radius 2 is 1.93 bits per heavy atom. The number of ether oxygens (including phenoxy) is 2. The first-order chi connectivity index (χ1) is 13.2. The number of nitrogens with one attached hydrogen (secondary N) is 2. The smallest absolute Gasteiger partial charge is 0.191 e. The molecule has 0 unspecified atom stereocenters. The fourth-order valence-corrected chi connectivity index (χ4v) is 3.44. The normalized spacial score (nSPS) is 10.9.